The lowest BCUT2D eigenvalue weighted by Gasteiger charge is -2.37. The molecule has 2 aliphatic rings. The zero-order valence-corrected chi connectivity index (χ0v) is 7.06. The molecule has 1 amide bonds. The Bertz CT molecular complexity index is 235. The maximum atomic E-state index is 13.3. The van der Waals surface area contributed by atoms with E-state index < -0.39 is 24.4 Å². The molecule has 4 nitrogen and oxygen atoms in total. The summed E-state index contributed by atoms with van der Waals surface area (Å²) in [4.78, 5) is 11.9. The van der Waals surface area contributed by atoms with Gasteiger partial charge in [0.1, 0.15) is 6.17 Å². The monoisotopic (exact) mass is 189 g/mol. The summed E-state index contributed by atoms with van der Waals surface area (Å²) in [5, 5.41) is 18.1. The molecular formula is C8H12FNO3. The first-order valence-corrected chi connectivity index (χ1v) is 4.44. The molecule has 2 saturated heterocycles. The Balaban J connectivity index is 2.21. The van der Waals surface area contributed by atoms with Crippen LogP contribution in [0.2, 0.25) is 0 Å². The molecular weight excluding hydrogens is 177 g/mol. The number of amides is 1. The number of fused-ring (bicyclic) bond motifs is 2. The van der Waals surface area contributed by atoms with Crippen molar-refractivity contribution in [2.45, 2.75) is 43.6 Å². The largest absolute Gasteiger partial charge is 0.465 e. The SMILES string of the molecule is O=C(O)N1[C@@H]2CC[C@H]1[C@H](F)[C@H](O)C2. The van der Waals surface area contributed by atoms with E-state index in [9.17, 15) is 14.3 Å². The smallest absolute Gasteiger partial charge is 0.407 e. The van der Waals surface area contributed by atoms with Crippen LogP contribution in [0.5, 0.6) is 0 Å². The number of piperidine rings is 1. The highest BCUT2D eigenvalue weighted by atomic mass is 19.1. The van der Waals surface area contributed by atoms with E-state index in [1.165, 1.54) is 0 Å². The third kappa shape index (κ3) is 1.18. The van der Waals surface area contributed by atoms with Crippen molar-refractivity contribution in [1.29, 1.82) is 0 Å². The van der Waals surface area contributed by atoms with Gasteiger partial charge in [0.05, 0.1) is 12.1 Å². The van der Waals surface area contributed by atoms with Crippen LogP contribution in [0.15, 0.2) is 0 Å². The Morgan fingerprint density at radius 2 is 2.15 bits per heavy atom. The first-order valence-electron chi connectivity index (χ1n) is 4.44. The number of hydrogen-bond donors (Lipinski definition) is 2. The molecule has 2 aliphatic heterocycles. The molecule has 2 heterocycles. The van der Waals surface area contributed by atoms with Gasteiger partial charge in [0.25, 0.3) is 0 Å². The fourth-order valence-corrected chi connectivity index (χ4v) is 2.42. The van der Waals surface area contributed by atoms with Crippen molar-refractivity contribution >= 4 is 6.09 Å². The van der Waals surface area contributed by atoms with Crippen LogP contribution in [0.4, 0.5) is 9.18 Å². The number of carbonyl (C=O) groups is 1. The Morgan fingerprint density at radius 3 is 2.77 bits per heavy atom. The van der Waals surface area contributed by atoms with Gasteiger partial charge in [-0.05, 0) is 19.3 Å². The summed E-state index contributed by atoms with van der Waals surface area (Å²) in [6.07, 6.45) is -2.00. The molecule has 2 N–H and O–H groups in total. The van der Waals surface area contributed by atoms with Crippen molar-refractivity contribution < 1.29 is 19.4 Å². The van der Waals surface area contributed by atoms with Crippen LogP contribution >= 0.6 is 0 Å². The second kappa shape index (κ2) is 2.83. The van der Waals surface area contributed by atoms with Crippen LogP contribution in [-0.4, -0.2) is 45.6 Å². The second-order valence-electron chi connectivity index (χ2n) is 3.74. The minimum absolute atomic E-state index is 0.176. The Labute approximate surface area is 75.0 Å². The van der Waals surface area contributed by atoms with Crippen molar-refractivity contribution in [3.63, 3.8) is 0 Å². The summed E-state index contributed by atoms with van der Waals surface area (Å²) in [6.45, 7) is 0. The lowest BCUT2D eigenvalue weighted by atomic mass is 9.99. The van der Waals surface area contributed by atoms with E-state index in [0.29, 0.717) is 12.8 Å². The van der Waals surface area contributed by atoms with Gasteiger partial charge < -0.3 is 10.2 Å². The van der Waals surface area contributed by atoms with Gasteiger partial charge >= 0.3 is 6.09 Å². The summed E-state index contributed by atoms with van der Waals surface area (Å²) >= 11 is 0. The summed E-state index contributed by atoms with van der Waals surface area (Å²) < 4.78 is 13.3. The molecule has 0 unspecified atom stereocenters. The van der Waals surface area contributed by atoms with E-state index in [1.54, 1.807) is 0 Å². The van der Waals surface area contributed by atoms with Crippen LogP contribution in [0.1, 0.15) is 19.3 Å². The van der Waals surface area contributed by atoms with E-state index in [2.05, 4.69) is 0 Å². The average Bonchev–Trinajstić information content (AvgIpc) is 2.40. The third-order valence-corrected chi connectivity index (χ3v) is 3.02. The minimum atomic E-state index is -1.41. The number of rotatable bonds is 0. The topological polar surface area (TPSA) is 60.8 Å². The molecule has 0 saturated carbocycles. The Hall–Kier alpha value is -0.840. The van der Waals surface area contributed by atoms with Crippen LogP contribution in [0, 0.1) is 0 Å². The van der Waals surface area contributed by atoms with Crippen molar-refractivity contribution in [2.75, 3.05) is 0 Å². The number of aliphatic hydroxyl groups is 1. The maximum Gasteiger partial charge on any atom is 0.407 e. The summed E-state index contributed by atoms with van der Waals surface area (Å²) in [7, 11) is 0. The quantitative estimate of drug-likeness (QED) is 0.586. The Kier molecular flexibility index (Phi) is 1.91. The molecule has 2 fully saturated rings. The van der Waals surface area contributed by atoms with Gasteiger partial charge in [-0.3, -0.25) is 4.90 Å². The molecule has 2 bridgehead atoms. The summed E-state index contributed by atoms with van der Waals surface area (Å²) in [6, 6.07) is -0.796. The van der Waals surface area contributed by atoms with E-state index in [4.69, 9.17) is 5.11 Å². The minimum Gasteiger partial charge on any atom is -0.465 e. The molecule has 5 heteroatoms. The Morgan fingerprint density at radius 1 is 1.46 bits per heavy atom. The van der Waals surface area contributed by atoms with Crippen LogP contribution < -0.4 is 0 Å². The van der Waals surface area contributed by atoms with Crippen LogP contribution in [0.25, 0.3) is 0 Å². The number of carboxylic acid groups (broad SMARTS) is 1. The number of hydrogen-bond acceptors (Lipinski definition) is 2. The summed E-state index contributed by atoms with van der Waals surface area (Å²) in [5.41, 5.74) is 0. The highest BCUT2D eigenvalue weighted by Crippen LogP contribution is 2.37. The average molecular weight is 189 g/mol. The van der Waals surface area contributed by atoms with E-state index in [1.807, 2.05) is 0 Å². The van der Waals surface area contributed by atoms with Gasteiger partial charge in [0.2, 0.25) is 0 Å². The third-order valence-electron chi connectivity index (χ3n) is 3.02. The predicted octanol–water partition coefficient (Wildman–Crippen LogP) is 0.600. The first kappa shape index (κ1) is 8.74. The predicted molar refractivity (Wildman–Crippen MR) is 42.2 cm³/mol. The molecule has 13 heavy (non-hydrogen) atoms. The zero-order chi connectivity index (χ0) is 9.59. The van der Waals surface area contributed by atoms with Crippen LogP contribution in [-0.2, 0) is 0 Å². The van der Waals surface area contributed by atoms with Crippen molar-refractivity contribution in [3.8, 4) is 0 Å². The molecule has 0 aromatic carbocycles. The van der Waals surface area contributed by atoms with Crippen molar-refractivity contribution in [1.82, 2.24) is 4.90 Å². The van der Waals surface area contributed by atoms with Gasteiger partial charge in [0.15, 0.2) is 0 Å². The molecule has 2 rings (SSSR count). The normalized spacial score (nSPS) is 43.7. The maximum absolute atomic E-state index is 13.3. The number of halogens is 1. The molecule has 0 spiro atoms. The molecule has 0 aliphatic carbocycles. The van der Waals surface area contributed by atoms with Crippen molar-refractivity contribution in [3.05, 3.63) is 0 Å². The molecule has 0 aromatic rings. The van der Waals surface area contributed by atoms with E-state index in [0.717, 1.165) is 4.90 Å². The highest BCUT2D eigenvalue weighted by Gasteiger charge is 2.49. The number of nitrogens with zero attached hydrogens (tertiary/aromatic N) is 1. The lowest BCUT2D eigenvalue weighted by Crippen LogP contribution is -2.54. The highest BCUT2D eigenvalue weighted by molar-refractivity contribution is 5.66. The van der Waals surface area contributed by atoms with Gasteiger partial charge in [-0.1, -0.05) is 0 Å². The molecule has 4 atom stereocenters. The zero-order valence-electron chi connectivity index (χ0n) is 7.06. The summed E-state index contributed by atoms with van der Waals surface area (Å²) in [5.74, 6) is 0. The van der Waals surface area contributed by atoms with Crippen molar-refractivity contribution in [2.24, 2.45) is 0 Å². The van der Waals surface area contributed by atoms with E-state index in [-0.39, 0.29) is 12.5 Å². The molecule has 0 radical (unpaired) electrons. The van der Waals surface area contributed by atoms with Gasteiger partial charge in [-0.25, -0.2) is 9.18 Å². The van der Waals surface area contributed by atoms with E-state index >= 15 is 0 Å². The van der Waals surface area contributed by atoms with Gasteiger partial charge in [-0.15, -0.1) is 0 Å². The van der Waals surface area contributed by atoms with Gasteiger partial charge in [-0.2, -0.15) is 0 Å². The van der Waals surface area contributed by atoms with Gasteiger partial charge in [0, 0.05) is 6.04 Å². The lowest BCUT2D eigenvalue weighted by molar-refractivity contribution is -0.0266. The molecule has 0 aromatic heterocycles. The first-order chi connectivity index (χ1) is 6.11. The standard InChI is InChI=1S/C8H12FNO3/c9-7-5-2-1-4(3-6(7)11)10(5)8(12)13/h4-7,11H,1-3H2,(H,12,13)/t4-,5+,6-,7+/m1/s1. The fourth-order valence-electron chi connectivity index (χ4n) is 2.42. The number of aliphatic hydroxyl groups excluding tert-OH is 1. The van der Waals surface area contributed by atoms with Crippen LogP contribution in [0.3, 0.4) is 0 Å². The molecule has 74 valence electrons. The fraction of sp³-hybridized carbons (Fsp3) is 0.875. The second-order valence-corrected chi connectivity index (χ2v) is 3.74. The number of alkyl halides is 1.